The molecule has 0 radical (unpaired) electrons. The highest BCUT2D eigenvalue weighted by molar-refractivity contribution is 7.89. The molecule has 2 aromatic rings. The summed E-state index contributed by atoms with van der Waals surface area (Å²) < 4.78 is 27.4. The molecule has 162 valence electrons. The minimum absolute atomic E-state index is 0.130. The summed E-state index contributed by atoms with van der Waals surface area (Å²) in [5.41, 5.74) is 1.88. The predicted molar refractivity (Wildman–Crippen MR) is 118 cm³/mol. The molecule has 2 fully saturated rings. The van der Waals surface area contributed by atoms with E-state index in [9.17, 15) is 18.3 Å². The van der Waals surface area contributed by atoms with Crippen molar-refractivity contribution in [1.29, 1.82) is 0 Å². The molecule has 2 heterocycles. The van der Waals surface area contributed by atoms with Gasteiger partial charge in [-0.2, -0.15) is 4.31 Å². The largest absolute Gasteiger partial charge is 0.394 e. The van der Waals surface area contributed by atoms with Crippen molar-refractivity contribution < 1.29 is 18.3 Å². The fourth-order valence-corrected chi connectivity index (χ4v) is 5.84. The van der Waals surface area contributed by atoms with Crippen LogP contribution in [0.25, 0.3) is 0 Å². The van der Waals surface area contributed by atoms with Crippen molar-refractivity contribution in [1.82, 2.24) is 9.21 Å². The molecule has 0 saturated carbocycles. The summed E-state index contributed by atoms with van der Waals surface area (Å²) in [4.78, 5) is 14.6. The molecule has 0 aliphatic carbocycles. The van der Waals surface area contributed by atoms with Gasteiger partial charge in [0, 0.05) is 23.9 Å². The van der Waals surface area contributed by atoms with Crippen LogP contribution in [0, 0.1) is 17.8 Å². The van der Waals surface area contributed by atoms with Gasteiger partial charge in [0.25, 0.3) is 0 Å². The molecule has 0 unspecified atom stereocenters. The molecular formula is C24H26N2O4S. The molecule has 6 nitrogen and oxygen atoms in total. The van der Waals surface area contributed by atoms with Crippen LogP contribution in [0.1, 0.15) is 30.9 Å². The van der Waals surface area contributed by atoms with Crippen LogP contribution in [-0.4, -0.2) is 60.4 Å². The average molecular weight is 439 g/mol. The van der Waals surface area contributed by atoms with Crippen LogP contribution in [0.2, 0.25) is 0 Å². The summed E-state index contributed by atoms with van der Waals surface area (Å²) in [6.45, 7) is 3.91. The zero-order valence-corrected chi connectivity index (χ0v) is 18.4. The van der Waals surface area contributed by atoms with Crippen LogP contribution in [0.5, 0.6) is 0 Å². The Morgan fingerprint density at radius 2 is 1.77 bits per heavy atom. The number of amides is 1. The number of hydrogen-bond acceptors (Lipinski definition) is 4. The van der Waals surface area contributed by atoms with Crippen molar-refractivity contribution in [2.24, 2.45) is 5.92 Å². The zero-order valence-electron chi connectivity index (χ0n) is 17.6. The second kappa shape index (κ2) is 8.46. The molecule has 4 rings (SSSR count). The highest BCUT2D eigenvalue weighted by Crippen LogP contribution is 2.43. The van der Waals surface area contributed by atoms with E-state index in [-0.39, 0.29) is 54.4 Å². The fourth-order valence-electron chi connectivity index (χ4n) is 4.41. The van der Waals surface area contributed by atoms with Gasteiger partial charge in [0.2, 0.25) is 15.9 Å². The zero-order chi connectivity index (χ0) is 22.2. The Balaban J connectivity index is 1.60. The third kappa shape index (κ3) is 3.99. The summed E-state index contributed by atoms with van der Waals surface area (Å²) >= 11 is 0. The first-order valence-electron chi connectivity index (χ1n) is 10.4. The van der Waals surface area contributed by atoms with Gasteiger partial charge in [-0.05, 0) is 29.8 Å². The lowest BCUT2D eigenvalue weighted by Gasteiger charge is -2.58. The lowest BCUT2D eigenvalue weighted by Crippen LogP contribution is -2.73. The van der Waals surface area contributed by atoms with Gasteiger partial charge in [-0.3, -0.25) is 4.79 Å². The first-order chi connectivity index (χ1) is 14.8. The topological polar surface area (TPSA) is 77.9 Å². The van der Waals surface area contributed by atoms with Crippen LogP contribution >= 0.6 is 0 Å². The smallest absolute Gasteiger partial charge is 0.243 e. The molecule has 2 aliphatic rings. The molecule has 2 aromatic carbocycles. The van der Waals surface area contributed by atoms with Gasteiger partial charge < -0.3 is 10.0 Å². The Morgan fingerprint density at radius 3 is 2.39 bits per heavy atom. The van der Waals surface area contributed by atoms with E-state index in [1.54, 1.807) is 23.1 Å². The van der Waals surface area contributed by atoms with Crippen molar-refractivity contribution in [2.45, 2.75) is 36.7 Å². The van der Waals surface area contributed by atoms with E-state index in [1.807, 2.05) is 38.1 Å². The van der Waals surface area contributed by atoms with Gasteiger partial charge in [0.05, 0.1) is 30.1 Å². The number of carbonyl (C=O) groups is 1. The maximum absolute atomic E-state index is 13.1. The summed E-state index contributed by atoms with van der Waals surface area (Å²) in [5.74, 6) is 6.14. The van der Waals surface area contributed by atoms with E-state index in [0.717, 1.165) is 11.1 Å². The number of rotatable bonds is 4. The summed E-state index contributed by atoms with van der Waals surface area (Å²) in [7, 11) is -3.76. The number of aliphatic hydroxyl groups excluding tert-OH is 1. The SMILES string of the molecule is CC(C)C#Cc1ccc([C@@H]2[C@H](CO)N3C(=O)CN(S(=O)(=O)c4ccccc4)C[C@@H]23)cc1. The maximum atomic E-state index is 13.1. The molecule has 3 atom stereocenters. The Hall–Kier alpha value is -2.66. The Labute approximate surface area is 183 Å². The number of aliphatic hydroxyl groups is 1. The van der Waals surface area contributed by atoms with Gasteiger partial charge in [-0.25, -0.2) is 8.42 Å². The summed E-state index contributed by atoms with van der Waals surface area (Å²) in [6, 6.07) is 15.3. The molecule has 1 N–H and O–H groups in total. The fraction of sp³-hybridized carbons (Fsp3) is 0.375. The van der Waals surface area contributed by atoms with Crippen molar-refractivity contribution in [3.05, 3.63) is 65.7 Å². The molecule has 0 aromatic heterocycles. The second-order valence-electron chi connectivity index (χ2n) is 8.30. The van der Waals surface area contributed by atoms with E-state index in [4.69, 9.17) is 0 Å². The molecule has 7 heteroatoms. The van der Waals surface area contributed by atoms with Crippen LogP contribution in [0.4, 0.5) is 0 Å². The van der Waals surface area contributed by atoms with Crippen LogP contribution < -0.4 is 0 Å². The van der Waals surface area contributed by atoms with Gasteiger partial charge in [-0.15, -0.1) is 0 Å². The van der Waals surface area contributed by atoms with Crippen molar-refractivity contribution in [3.8, 4) is 11.8 Å². The molecule has 2 aliphatic heterocycles. The third-order valence-electron chi connectivity index (χ3n) is 5.90. The molecule has 0 bridgehead atoms. The minimum Gasteiger partial charge on any atom is -0.394 e. The monoisotopic (exact) mass is 438 g/mol. The van der Waals surface area contributed by atoms with Gasteiger partial charge >= 0.3 is 0 Å². The molecular weight excluding hydrogens is 412 g/mol. The van der Waals surface area contributed by atoms with E-state index in [2.05, 4.69) is 11.8 Å². The van der Waals surface area contributed by atoms with Crippen molar-refractivity contribution >= 4 is 15.9 Å². The van der Waals surface area contributed by atoms with Crippen molar-refractivity contribution in [2.75, 3.05) is 19.7 Å². The highest BCUT2D eigenvalue weighted by Gasteiger charge is 2.55. The van der Waals surface area contributed by atoms with E-state index >= 15 is 0 Å². The number of hydrogen-bond donors (Lipinski definition) is 1. The molecule has 0 spiro atoms. The van der Waals surface area contributed by atoms with E-state index in [0.29, 0.717) is 0 Å². The molecule has 2 saturated heterocycles. The Bertz CT molecular complexity index is 1120. The third-order valence-corrected chi connectivity index (χ3v) is 7.73. The lowest BCUT2D eigenvalue weighted by molar-refractivity contribution is -0.158. The van der Waals surface area contributed by atoms with Gasteiger partial charge in [0.15, 0.2) is 0 Å². The average Bonchev–Trinajstić information content (AvgIpc) is 2.75. The van der Waals surface area contributed by atoms with Crippen LogP contribution in [0.3, 0.4) is 0 Å². The van der Waals surface area contributed by atoms with Crippen LogP contribution in [0.15, 0.2) is 59.5 Å². The lowest BCUT2D eigenvalue weighted by atomic mass is 9.74. The van der Waals surface area contributed by atoms with Gasteiger partial charge in [0.1, 0.15) is 0 Å². The summed E-state index contributed by atoms with van der Waals surface area (Å²) in [6.07, 6.45) is 0. The number of nitrogens with zero attached hydrogens (tertiary/aromatic N) is 2. The first kappa shape index (κ1) is 21.6. The van der Waals surface area contributed by atoms with Crippen molar-refractivity contribution in [3.63, 3.8) is 0 Å². The predicted octanol–water partition coefficient (Wildman–Crippen LogP) is 2.05. The summed E-state index contributed by atoms with van der Waals surface area (Å²) in [5, 5.41) is 9.93. The quantitative estimate of drug-likeness (QED) is 0.742. The second-order valence-corrected chi connectivity index (χ2v) is 10.2. The number of benzene rings is 2. The van der Waals surface area contributed by atoms with E-state index < -0.39 is 10.0 Å². The maximum Gasteiger partial charge on any atom is 0.243 e. The number of sulfonamides is 1. The van der Waals surface area contributed by atoms with E-state index in [1.165, 1.54) is 16.4 Å². The number of carbonyl (C=O) groups excluding carboxylic acids is 1. The van der Waals surface area contributed by atoms with Gasteiger partial charge in [-0.1, -0.05) is 56.0 Å². The minimum atomic E-state index is -3.76. The normalized spacial score (nSPS) is 23.7. The highest BCUT2D eigenvalue weighted by atomic mass is 32.2. The number of fused-ring (bicyclic) bond motifs is 1. The van der Waals surface area contributed by atoms with Crippen LogP contribution in [-0.2, 0) is 14.8 Å². The number of piperazine rings is 1. The standard InChI is InChI=1S/C24H26N2O4S/c1-17(2)8-9-18-10-12-19(13-11-18)24-21-14-25(15-23(28)26(21)22(24)16-27)31(29,30)20-6-4-3-5-7-20/h3-7,10-13,17,21-22,24,27H,14-16H2,1-2H3/t21-,22-,24-/m0/s1. The Kier molecular flexibility index (Phi) is 5.89. The molecule has 31 heavy (non-hydrogen) atoms. The molecule has 1 amide bonds. The first-order valence-corrected chi connectivity index (χ1v) is 11.9. The Morgan fingerprint density at radius 1 is 1.10 bits per heavy atom.